The summed E-state index contributed by atoms with van der Waals surface area (Å²) in [4.78, 5) is 17.6. The highest BCUT2D eigenvalue weighted by molar-refractivity contribution is 5.82. The number of carbonyl (C=O) groups excluding carboxylic acids is 1. The molecule has 4 rings (SSSR count). The number of amides is 1. The molecule has 0 bridgehead atoms. The van der Waals surface area contributed by atoms with Gasteiger partial charge in [-0.05, 0) is 49.9 Å². The van der Waals surface area contributed by atoms with Crippen LogP contribution in [0.15, 0.2) is 60.7 Å². The lowest BCUT2D eigenvalue weighted by Crippen LogP contribution is -2.51. The van der Waals surface area contributed by atoms with E-state index in [1.54, 1.807) is 0 Å². The number of benzene rings is 2. The summed E-state index contributed by atoms with van der Waals surface area (Å²) in [6.07, 6.45) is 3.07. The monoisotopic (exact) mass is 407 g/mol. The number of piperidine rings is 1. The van der Waals surface area contributed by atoms with Gasteiger partial charge in [0.1, 0.15) is 0 Å². The Morgan fingerprint density at radius 3 is 2.27 bits per heavy atom. The van der Waals surface area contributed by atoms with Crippen LogP contribution in [-0.4, -0.2) is 65.2 Å². The topological polar surface area (TPSA) is 55.8 Å². The third-order valence-corrected chi connectivity index (χ3v) is 6.45. The molecular weight excluding hydrogens is 374 g/mol. The van der Waals surface area contributed by atoms with E-state index in [1.807, 2.05) is 18.2 Å². The lowest BCUT2D eigenvalue weighted by molar-refractivity contribution is -0.126. The zero-order valence-corrected chi connectivity index (χ0v) is 17.6. The predicted molar refractivity (Wildman–Crippen MR) is 119 cm³/mol. The van der Waals surface area contributed by atoms with E-state index in [-0.39, 0.29) is 11.9 Å². The molecule has 0 spiro atoms. The van der Waals surface area contributed by atoms with Gasteiger partial charge in [0.05, 0.1) is 12.1 Å². The molecule has 160 valence electrons. The number of hydrogen-bond donors (Lipinski definition) is 2. The second-order valence-electron chi connectivity index (χ2n) is 8.62. The maximum atomic E-state index is 12.9. The average molecular weight is 408 g/mol. The summed E-state index contributed by atoms with van der Waals surface area (Å²) < 4.78 is 0. The number of rotatable bonds is 7. The van der Waals surface area contributed by atoms with Gasteiger partial charge >= 0.3 is 0 Å². The molecule has 2 fully saturated rings. The van der Waals surface area contributed by atoms with E-state index in [2.05, 4.69) is 57.6 Å². The van der Waals surface area contributed by atoms with Crippen molar-refractivity contribution in [2.45, 2.75) is 50.4 Å². The van der Waals surface area contributed by atoms with Crippen molar-refractivity contribution in [1.82, 2.24) is 15.1 Å². The highest BCUT2D eigenvalue weighted by Crippen LogP contribution is 2.27. The fourth-order valence-electron chi connectivity index (χ4n) is 4.84. The van der Waals surface area contributed by atoms with Crippen molar-refractivity contribution >= 4 is 5.91 Å². The minimum atomic E-state index is -0.405. The van der Waals surface area contributed by atoms with Gasteiger partial charge in [0, 0.05) is 25.7 Å². The van der Waals surface area contributed by atoms with E-state index in [0.717, 1.165) is 38.9 Å². The predicted octanol–water partition coefficient (Wildman–Crippen LogP) is 2.45. The number of nitrogens with zero attached hydrogens (tertiary/aromatic N) is 2. The first-order valence-corrected chi connectivity index (χ1v) is 11.2. The van der Waals surface area contributed by atoms with Crippen LogP contribution in [0.1, 0.15) is 30.4 Å². The third kappa shape index (κ3) is 5.48. The number of aliphatic hydroxyl groups is 1. The van der Waals surface area contributed by atoms with Crippen LogP contribution >= 0.6 is 0 Å². The molecule has 5 heteroatoms. The van der Waals surface area contributed by atoms with Crippen LogP contribution in [0.3, 0.4) is 0 Å². The lowest BCUT2D eigenvalue weighted by Gasteiger charge is -2.39. The summed E-state index contributed by atoms with van der Waals surface area (Å²) in [6.45, 7) is 4.31. The molecule has 5 nitrogen and oxygen atoms in total. The first-order chi connectivity index (χ1) is 14.7. The molecule has 2 heterocycles. The molecule has 30 heavy (non-hydrogen) atoms. The lowest BCUT2D eigenvalue weighted by atomic mass is 10.0. The van der Waals surface area contributed by atoms with Crippen molar-refractivity contribution in [2.24, 2.45) is 0 Å². The van der Waals surface area contributed by atoms with Gasteiger partial charge in [-0.2, -0.15) is 0 Å². The first kappa shape index (κ1) is 21.0. The first-order valence-electron chi connectivity index (χ1n) is 11.2. The van der Waals surface area contributed by atoms with E-state index < -0.39 is 6.10 Å². The van der Waals surface area contributed by atoms with E-state index in [9.17, 15) is 9.90 Å². The molecule has 0 radical (unpaired) electrons. The molecule has 0 aromatic heterocycles. The van der Waals surface area contributed by atoms with Gasteiger partial charge in [0.15, 0.2) is 0 Å². The Balaban J connectivity index is 1.27. The van der Waals surface area contributed by atoms with Crippen LogP contribution in [0.2, 0.25) is 0 Å². The minimum Gasteiger partial charge on any atom is -0.392 e. The second kappa shape index (κ2) is 10.2. The number of nitrogens with one attached hydrogen (secondary N) is 1. The Morgan fingerprint density at radius 2 is 1.60 bits per heavy atom. The van der Waals surface area contributed by atoms with Gasteiger partial charge in [-0.25, -0.2) is 0 Å². The quantitative estimate of drug-likeness (QED) is 0.740. The Morgan fingerprint density at radius 1 is 0.967 bits per heavy atom. The standard InChI is InChI=1S/C25H33N3O2/c29-23-17-24(25(30)26-14-11-20-7-3-1-4-8-20)28(19-23)22-12-15-27(16-13-22)18-21-9-5-2-6-10-21/h1-10,22-24,29H,11-19H2,(H,26,30)/t23-,24+/m1/s1. The smallest absolute Gasteiger partial charge is 0.237 e. The number of β-amino-alcohol motifs (C(OH)–C–C–N with tert-alkyl or cyclic N) is 1. The third-order valence-electron chi connectivity index (χ3n) is 6.45. The molecule has 2 aliphatic rings. The van der Waals surface area contributed by atoms with Crippen molar-refractivity contribution in [1.29, 1.82) is 0 Å². The Bertz CT molecular complexity index is 791. The zero-order chi connectivity index (χ0) is 20.8. The highest BCUT2D eigenvalue weighted by Gasteiger charge is 2.40. The summed E-state index contributed by atoms with van der Waals surface area (Å²) in [5.74, 6) is 0.0641. The molecule has 2 aliphatic heterocycles. The van der Waals surface area contributed by atoms with Crippen LogP contribution in [0.4, 0.5) is 0 Å². The van der Waals surface area contributed by atoms with E-state index >= 15 is 0 Å². The fourth-order valence-corrected chi connectivity index (χ4v) is 4.84. The summed E-state index contributed by atoms with van der Waals surface area (Å²) in [6, 6.07) is 21.0. The Labute approximate surface area is 179 Å². The van der Waals surface area contributed by atoms with E-state index in [0.29, 0.717) is 25.6 Å². The van der Waals surface area contributed by atoms with Gasteiger partial charge in [-0.1, -0.05) is 60.7 Å². The maximum absolute atomic E-state index is 12.9. The molecule has 0 unspecified atom stereocenters. The van der Waals surface area contributed by atoms with Gasteiger partial charge < -0.3 is 10.4 Å². The van der Waals surface area contributed by atoms with E-state index in [4.69, 9.17) is 0 Å². The van der Waals surface area contributed by atoms with E-state index in [1.165, 1.54) is 11.1 Å². The summed E-state index contributed by atoms with van der Waals surface area (Å²) in [5.41, 5.74) is 2.58. The normalized spacial score (nSPS) is 23.5. The highest BCUT2D eigenvalue weighted by atomic mass is 16.3. The number of hydrogen-bond acceptors (Lipinski definition) is 4. The minimum absolute atomic E-state index is 0.0641. The number of carbonyl (C=O) groups is 1. The second-order valence-corrected chi connectivity index (χ2v) is 8.62. The van der Waals surface area contributed by atoms with Crippen molar-refractivity contribution in [3.8, 4) is 0 Å². The molecule has 2 aromatic carbocycles. The van der Waals surface area contributed by atoms with Crippen LogP contribution in [0.5, 0.6) is 0 Å². The molecule has 2 aromatic rings. The van der Waals surface area contributed by atoms with Crippen LogP contribution in [0.25, 0.3) is 0 Å². The molecule has 2 N–H and O–H groups in total. The van der Waals surface area contributed by atoms with Crippen molar-refractivity contribution in [2.75, 3.05) is 26.2 Å². The average Bonchev–Trinajstić information content (AvgIpc) is 3.17. The van der Waals surface area contributed by atoms with Gasteiger partial charge in [-0.15, -0.1) is 0 Å². The number of likely N-dealkylation sites (tertiary alicyclic amines) is 2. The Hall–Kier alpha value is -2.21. The molecule has 0 saturated carbocycles. The summed E-state index contributed by atoms with van der Waals surface area (Å²) in [5, 5.41) is 13.4. The largest absolute Gasteiger partial charge is 0.392 e. The summed E-state index contributed by atoms with van der Waals surface area (Å²) >= 11 is 0. The van der Waals surface area contributed by atoms with Crippen molar-refractivity contribution < 1.29 is 9.90 Å². The fraction of sp³-hybridized carbons (Fsp3) is 0.480. The molecule has 1 amide bonds. The Kier molecular flexibility index (Phi) is 7.16. The zero-order valence-electron chi connectivity index (χ0n) is 17.6. The molecule has 2 atom stereocenters. The number of aliphatic hydroxyl groups excluding tert-OH is 1. The molecular formula is C25H33N3O2. The molecule has 0 aliphatic carbocycles. The van der Waals surface area contributed by atoms with Crippen molar-refractivity contribution in [3.63, 3.8) is 0 Å². The van der Waals surface area contributed by atoms with Gasteiger partial charge in [0.25, 0.3) is 0 Å². The van der Waals surface area contributed by atoms with Crippen LogP contribution in [0, 0.1) is 0 Å². The van der Waals surface area contributed by atoms with Gasteiger partial charge in [-0.3, -0.25) is 14.6 Å². The van der Waals surface area contributed by atoms with Gasteiger partial charge in [0.2, 0.25) is 5.91 Å². The summed E-state index contributed by atoms with van der Waals surface area (Å²) in [7, 11) is 0. The SMILES string of the molecule is O=C(NCCc1ccccc1)[C@@H]1C[C@@H](O)CN1C1CCN(Cc2ccccc2)CC1. The molecule has 2 saturated heterocycles. The maximum Gasteiger partial charge on any atom is 0.237 e. The van der Waals surface area contributed by atoms with Crippen LogP contribution in [-0.2, 0) is 17.8 Å². The van der Waals surface area contributed by atoms with Crippen molar-refractivity contribution in [3.05, 3.63) is 71.8 Å². The van der Waals surface area contributed by atoms with Crippen LogP contribution < -0.4 is 5.32 Å².